The molecule has 9 nitrogen and oxygen atoms in total. The highest BCUT2D eigenvalue weighted by Crippen LogP contribution is 2.55. The van der Waals surface area contributed by atoms with Crippen molar-refractivity contribution in [2.45, 2.75) is 17.7 Å². The summed E-state index contributed by atoms with van der Waals surface area (Å²) in [7, 11) is -3.42. The zero-order valence-corrected chi connectivity index (χ0v) is 21.1. The fraction of sp³-hybridized carbons (Fsp3) is 0.222. The number of carbonyl (C=O) groups is 2. The maximum atomic E-state index is 13.2. The minimum atomic E-state index is -3.42. The molecule has 1 fully saturated rings. The first kappa shape index (κ1) is 25.9. The molecule has 1 aliphatic rings. The van der Waals surface area contributed by atoms with Crippen LogP contribution in [0.1, 0.15) is 24.0 Å². The Hall–Kier alpha value is -4.18. The van der Waals surface area contributed by atoms with Crippen molar-refractivity contribution in [3.63, 3.8) is 0 Å². The molecular formula is C27H27N3O6S. The number of esters is 1. The predicted molar refractivity (Wildman–Crippen MR) is 139 cm³/mol. The Balaban J connectivity index is 1.56. The maximum Gasteiger partial charge on any atom is 0.310 e. The first-order valence-corrected chi connectivity index (χ1v) is 13.5. The molecule has 1 amide bonds. The number of sulfone groups is 1. The lowest BCUT2D eigenvalue weighted by Crippen LogP contribution is -2.18. The molecule has 192 valence electrons. The van der Waals surface area contributed by atoms with Crippen molar-refractivity contribution in [1.29, 1.82) is 0 Å². The fourth-order valence-electron chi connectivity index (χ4n) is 4.53. The minimum absolute atomic E-state index is 0.0753. The summed E-state index contributed by atoms with van der Waals surface area (Å²) in [5.74, 6) is -2.63. The molecule has 0 saturated heterocycles. The number of benzene rings is 3. The Morgan fingerprint density at radius 3 is 2.38 bits per heavy atom. The molecule has 1 aliphatic carbocycles. The summed E-state index contributed by atoms with van der Waals surface area (Å²) in [5, 5.41) is 14.9. The Morgan fingerprint density at radius 1 is 1.03 bits per heavy atom. The average Bonchev–Trinajstić information content (AvgIpc) is 3.65. The van der Waals surface area contributed by atoms with Crippen LogP contribution in [-0.4, -0.2) is 44.2 Å². The summed E-state index contributed by atoms with van der Waals surface area (Å²) in [6, 6.07) is 20.4. The molecule has 10 heteroatoms. The fourth-order valence-corrected chi connectivity index (χ4v) is 5.44. The highest BCUT2D eigenvalue weighted by Gasteiger charge is 2.60. The SMILES string of the molecule is CCOC(=O)C1C(C(=O)Nc2ccc(-c3ccccc3S(C)(=O)=O)cc2)C1c1cccc(/C(N)=N/O)c1. The van der Waals surface area contributed by atoms with Crippen LogP contribution >= 0.6 is 0 Å². The summed E-state index contributed by atoms with van der Waals surface area (Å²) in [6.07, 6.45) is 1.16. The Bertz CT molecular complexity index is 1470. The normalized spacial score (nSPS) is 19.2. The number of amidine groups is 1. The van der Waals surface area contributed by atoms with Gasteiger partial charge in [0.2, 0.25) is 5.91 Å². The largest absolute Gasteiger partial charge is 0.466 e. The van der Waals surface area contributed by atoms with Crippen molar-refractivity contribution in [2.75, 3.05) is 18.2 Å². The van der Waals surface area contributed by atoms with E-state index in [0.29, 0.717) is 27.9 Å². The molecule has 0 aliphatic heterocycles. The zero-order chi connectivity index (χ0) is 26.7. The van der Waals surface area contributed by atoms with Crippen LogP contribution < -0.4 is 11.1 Å². The second-order valence-electron chi connectivity index (χ2n) is 8.78. The molecule has 0 heterocycles. The number of nitrogens with two attached hydrogens (primary N) is 1. The van der Waals surface area contributed by atoms with Gasteiger partial charge in [0.25, 0.3) is 0 Å². The molecule has 3 atom stereocenters. The van der Waals surface area contributed by atoms with E-state index in [0.717, 1.165) is 6.26 Å². The second kappa shape index (κ2) is 10.4. The van der Waals surface area contributed by atoms with Crippen LogP contribution in [0.2, 0.25) is 0 Å². The van der Waals surface area contributed by atoms with Gasteiger partial charge in [-0.3, -0.25) is 9.59 Å². The van der Waals surface area contributed by atoms with Gasteiger partial charge >= 0.3 is 5.97 Å². The number of anilines is 1. The lowest BCUT2D eigenvalue weighted by Gasteiger charge is -2.10. The van der Waals surface area contributed by atoms with E-state index in [9.17, 15) is 18.0 Å². The number of hydrogen-bond acceptors (Lipinski definition) is 7. The topological polar surface area (TPSA) is 148 Å². The third-order valence-electron chi connectivity index (χ3n) is 6.31. The average molecular weight is 522 g/mol. The molecule has 37 heavy (non-hydrogen) atoms. The molecule has 3 aromatic carbocycles. The molecule has 3 aromatic rings. The first-order chi connectivity index (χ1) is 17.7. The lowest BCUT2D eigenvalue weighted by molar-refractivity contribution is -0.145. The van der Waals surface area contributed by atoms with Crippen LogP contribution in [0.4, 0.5) is 5.69 Å². The first-order valence-electron chi connectivity index (χ1n) is 11.6. The molecule has 4 N–H and O–H groups in total. The lowest BCUT2D eigenvalue weighted by atomic mass is 10.0. The van der Waals surface area contributed by atoms with Crippen molar-refractivity contribution in [3.8, 4) is 11.1 Å². The van der Waals surface area contributed by atoms with Gasteiger partial charge in [-0.05, 0) is 42.3 Å². The Labute approximate surface area is 214 Å². The number of oxime groups is 1. The number of hydrogen-bond donors (Lipinski definition) is 3. The summed E-state index contributed by atoms with van der Waals surface area (Å²) < 4.78 is 29.5. The van der Waals surface area contributed by atoms with Crippen LogP contribution in [0, 0.1) is 11.8 Å². The zero-order valence-electron chi connectivity index (χ0n) is 20.3. The monoisotopic (exact) mass is 521 g/mol. The van der Waals surface area contributed by atoms with Crippen molar-refractivity contribution < 1.29 is 28.0 Å². The number of nitrogens with zero attached hydrogens (tertiary/aromatic N) is 1. The van der Waals surface area contributed by atoms with Crippen LogP contribution in [0.5, 0.6) is 0 Å². The van der Waals surface area contributed by atoms with E-state index in [-0.39, 0.29) is 23.2 Å². The number of amides is 1. The van der Waals surface area contributed by atoms with Crippen molar-refractivity contribution in [1.82, 2.24) is 0 Å². The third-order valence-corrected chi connectivity index (χ3v) is 7.46. The molecule has 0 spiro atoms. The van der Waals surface area contributed by atoms with Gasteiger partial charge in [-0.1, -0.05) is 53.7 Å². The van der Waals surface area contributed by atoms with Crippen LogP contribution in [0.3, 0.4) is 0 Å². The van der Waals surface area contributed by atoms with E-state index in [1.165, 1.54) is 0 Å². The van der Waals surface area contributed by atoms with E-state index in [1.54, 1.807) is 79.7 Å². The maximum absolute atomic E-state index is 13.2. The standard InChI is InChI=1S/C27H27N3O6S/c1-3-36-27(32)24-22(17-7-6-8-18(15-17)25(28)30-33)23(24)26(31)29-19-13-11-16(12-14-19)20-9-4-5-10-21(20)37(2,34)35/h4-15,22-24,33H,3H2,1-2H3,(H2,28,30)(H,29,31). The molecule has 4 rings (SSSR count). The molecule has 1 saturated carbocycles. The highest BCUT2D eigenvalue weighted by atomic mass is 32.2. The van der Waals surface area contributed by atoms with Gasteiger partial charge in [0, 0.05) is 29.0 Å². The number of carbonyl (C=O) groups excluding carboxylic acids is 2. The van der Waals surface area contributed by atoms with Gasteiger partial charge in [0.1, 0.15) is 0 Å². The Kier molecular flexibility index (Phi) is 7.30. The van der Waals surface area contributed by atoms with Crippen molar-refractivity contribution >= 4 is 33.2 Å². The molecule has 0 aromatic heterocycles. The Morgan fingerprint density at radius 2 is 1.73 bits per heavy atom. The summed E-state index contributed by atoms with van der Waals surface area (Å²) in [6.45, 7) is 1.89. The molecule has 3 unspecified atom stereocenters. The van der Waals surface area contributed by atoms with E-state index in [4.69, 9.17) is 15.7 Å². The predicted octanol–water partition coefficient (Wildman–Crippen LogP) is 3.38. The summed E-state index contributed by atoms with van der Waals surface area (Å²) in [5.41, 5.74) is 8.64. The van der Waals surface area contributed by atoms with Gasteiger partial charge in [0.15, 0.2) is 15.7 Å². The number of rotatable bonds is 8. The second-order valence-corrected chi connectivity index (χ2v) is 10.8. The van der Waals surface area contributed by atoms with Gasteiger partial charge in [-0.2, -0.15) is 0 Å². The number of nitrogens with one attached hydrogen (secondary N) is 1. The van der Waals surface area contributed by atoms with Gasteiger partial charge in [0.05, 0.1) is 23.3 Å². The smallest absolute Gasteiger partial charge is 0.310 e. The van der Waals surface area contributed by atoms with Gasteiger partial charge in [-0.25, -0.2) is 8.42 Å². The van der Waals surface area contributed by atoms with Crippen LogP contribution in [0.15, 0.2) is 82.8 Å². The van der Waals surface area contributed by atoms with E-state index < -0.39 is 33.6 Å². The third kappa shape index (κ3) is 5.49. The number of ether oxygens (including phenoxy) is 1. The van der Waals surface area contributed by atoms with Crippen LogP contribution in [-0.2, 0) is 24.2 Å². The van der Waals surface area contributed by atoms with Gasteiger partial charge in [-0.15, -0.1) is 0 Å². The van der Waals surface area contributed by atoms with Gasteiger partial charge < -0.3 is 21.0 Å². The van der Waals surface area contributed by atoms with E-state index in [2.05, 4.69) is 10.5 Å². The molecular weight excluding hydrogens is 494 g/mol. The van der Waals surface area contributed by atoms with E-state index in [1.807, 2.05) is 0 Å². The van der Waals surface area contributed by atoms with Crippen molar-refractivity contribution in [3.05, 3.63) is 83.9 Å². The highest BCUT2D eigenvalue weighted by molar-refractivity contribution is 7.90. The summed E-state index contributed by atoms with van der Waals surface area (Å²) in [4.78, 5) is 26.0. The van der Waals surface area contributed by atoms with Crippen LogP contribution in [0.25, 0.3) is 11.1 Å². The quantitative estimate of drug-likeness (QED) is 0.135. The van der Waals surface area contributed by atoms with Crippen molar-refractivity contribution in [2.24, 2.45) is 22.7 Å². The van der Waals surface area contributed by atoms with E-state index >= 15 is 0 Å². The minimum Gasteiger partial charge on any atom is -0.466 e. The molecule has 0 bridgehead atoms. The summed E-state index contributed by atoms with van der Waals surface area (Å²) >= 11 is 0. The molecule has 0 radical (unpaired) electrons.